The molecule has 1 fully saturated rings. The Kier molecular flexibility index (Phi) is 1.76. The molecule has 0 amide bonds. The molecule has 0 bridgehead atoms. The first-order chi connectivity index (χ1) is 5.68. The molecule has 2 heteroatoms. The summed E-state index contributed by atoms with van der Waals surface area (Å²) in [7, 11) is 0. The normalized spacial score (nSPS) is 16.5. The van der Waals surface area contributed by atoms with Crippen molar-refractivity contribution in [2.75, 3.05) is 5.73 Å². The molecular weight excluding hydrogens is 170 g/mol. The minimum Gasteiger partial charge on any atom is -0.397 e. The van der Waals surface area contributed by atoms with Crippen LogP contribution in [0.4, 0.5) is 5.69 Å². The largest absolute Gasteiger partial charge is 0.397 e. The zero-order chi connectivity index (χ0) is 8.72. The molecule has 0 aliphatic heterocycles. The first-order valence-electron chi connectivity index (χ1n) is 4.24. The molecule has 0 saturated heterocycles. The van der Waals surface area contributed by atoms with E-state index in [1.165, 1.54) is 18.4 Å². The fourth-order valence-electron chi connectivity index (χ4n) is 1.43. The number of nitrogen functional groups attached to an aromatic ring is 1. The van der Waals surface area contributed by atoms with E-state index < -0.39 is 0 Å². The van der Waals surface area contributed by atoms with Crippen LogP contribution in [0.5, 0.6) is 0 Å². The van der Waals surface area contributed by atoms with Gasteiger partial charge in [0.2, 0.25) is 0 Å². The predicted octanol–water partition coefficient (Wildman–Crippen LogP) is 3.11. The maximum Gasteiger partial charge on any atom is 0.0641 e. The van der Waals surface area contributed by atoms with Gasteiger partial charge in [-0.05, 0) is 42.9 Å². The van der Waals surface area contributed by atoms with Crippen molar-refractivity contribution in [3.63, 3.8) is 0 Å². The number of hydrogen-bond donors (Lipinski definition) is 1. The quantitative estimate of drug-likeness (QED) is 0.662. The van der Waals surface area contributed by atoms with E-state index in [4.69, 9.17) is 17.3 Å². The monoisotopic (exact) mass is 181 g/mol. The molecule has 1 saturated carbocycles. The zero-order valence-electron chi connectivity index (χ0n) is 7.10. The van der Waals surface area contributed by atoms with Gasteiger partial charge in [0.15, 0.2) is 0 Å². The van der Waals surface area contributed by atoms with Gasteiger partial charge in [-0.2, -0.15) is 0 Å². The number of hydrogen-bond acceptors (Lipinski definition) is 1. The van der Waals surface area contributed by atoms with Crippen LogP contribution in [0.2, 0.25) is 5.02 Å². The van der Waals surface area contributed by atoms with Gasteiger partial charge in [0.1, 0.15) is 0 Å². The van der Waals surface area contributed by atoms with Crippen molar-refractivity contribution in [2.45, 2.75) is 25.7 Å². The summed E-state index contributed by atoms with van der Waals surface area (Å²) < 4.78 is 0. The van der Waals surface area contributed by atoms with E-state index >= 15 is 0 Å². The van der Waals surface area contributed by atoms with Crippen LogP contribution in [0.25, 0.3) is 0 Å². The molecule has 1 aromatic carbocycles. The Bertz CT molecular complexity index is 293. The highest BCUT2D eigenvalue weighted by molar-refractivity contribution is 6.33. The zero-order valence-corrected chi connectivity index (χ0v) is 7.86. The minimum absolute atomic E-state index is 0.705. The fraction of sp³-hybridized carbons (Fsp3) is 0.400. The summed E-state index contributed by atoms with van der Waals surface area (Å²) in [5.41, 5.74) is 8.92. The summed E-state index contributed by atoms with van der Waals surface area (Å²) in [5, 5.41) is 0.705. The number of halogens is 1. The van der Waals surface area contributed by atoms with Crippen molar-refractivity contribution in [1.82, 2.24) is 0 Å². The molecule has 64 valence electrons. The van der Waals surface area contributed by atoms with Gasteiger partial charge in [-0.1, -0.05) is 17.7 Å². The van der Waals surface area contributed by atoms with Crippen molar-refractivity contribution in [3.8, 4) is 0 Å². The van der Waals surface area contributed by atoms with Crippen LogP contribution < -0.4 is 5.73 Å². The third-order valence-corrected chi connectivity index (χ3v) is 2.72. The lowest BCUT2D eigenvalue weighted by Gasteiger charge is -2.05. The third-order valence-electron chi connectivity index (χ3n) is 2.41. The predicted molar refractivity (Wildman–Crippen MR) is 52.6 cm³/mol. The lowest BCUT2D eigenvalue weighted by atomic mass is 10.1. The SMILES string of the molecule is Cc1cc(C2CC2)cc(Cl)c1N. The molecule has 12 heavy (non-hydrogen) atoms. The smallest absolute Gasteiger partial charge is 0.0641 e. The third kappa shape index (κ3) is 1.29. The Morgan fingerprint density at radius 2 is 2.08 bits per heavy atom. The second kappa shape index (κ2) is 2.67. The Balaban J connectivity index is 2.45. The topological polar surface area (TPSA) is 26.0 Å². The van der Waals surface area contributed by atoms with Crippen LogP contribution in [0.3, 0.4) is 0 Å². The van der Waals surface area contributed by atoms with Crippen molar-refractivity contribution in [1.29, 1.82) is 0 Å². The summed E-state index contributed by atoms with van der Waals surface area (Å²) in [5.74, 6) is 0.752. The number of rotatable bonds is 1. The highest BCUT2D eigenvalue weighted by Crippen LogP contribution is 2.42. The molecule has 0 atom stereocenters. The van der Waals surface area contributed by atoms with E-state index in [0.717, 1.165) is 17.2 Å². The maximum absolute atomic E-state index is 5.97. The average molecular weight is 182 g/mol. The maximum atomic E-state index is 5.97. The number of benzene rings is 1. The summed E-state index contributed by atoms with van der Waals surface area (Å²) in [4.78, 5) is 0. The standard InChI is InChI=1S/C10H12ClN/c1-6-4-8(7-2-3-7)5-9(11)10(6)12/h4-5,7H,2-3,12H2,1H3. The van der Waals surface area contributed by atoms with Crippen LogP contribution in [-0.2, 0) is 0 Å². The molecule has 1 aliphatic rings. The molecule has 1 nitrogen and oxygen atoms in total. The van der Waals surface area contributed by atoms with Gasteiger partial charge in [0.25, 0.3) is 0 Å². The van der Waals surface area contributed by atoms with Gasteiger partial charge in [-0.15, -0.1) is 0 Å². The Labute approximate surface area is 77.5 Å². The molecule has 2 N–H and O–H groups in total. The second-order valence-electron chi connectivity index (χ2n) is 3.51. The van der Waals surface area contributed by atoms with Gasteiger partial charge >= 0.3 is 0 Å². The van der Waals surface area contributed by atoms with Crippen LogP contribution in [0.15, 0.2) is 12.1 Å². The van der Waals surface area contributed by atoms with Gasteiger partial charge in [0.05, 0.1) is 10.7 Å². The number of aryl methyl sites for hydroxylation is 1. The number of anilines is 1. The highest BCUT2D eigenvalue weighted by Gasteiger charge is 2.24. The highest BCUT2D eigenvalue weighted by atomic mass is 35.5. The van der Waals surface area contributed by atoms with Crippen LogP contribution in [0, 0.1) is 6.92 Å². The van der Waals surface area contributed by atoms with Gasteiger partial charge in [0, 0.05) is 0 Å². The Morgan fingerprint density at radius 1 is 1.42 bits per heavy atom. The van der Waals surface area contributed by atoms with Crippen LogP contribution in [-0.4, -0.2) is 0 Å². The Hall–Kier alpha value is -0.690. The summed E-state index contributed by atoms with van der Waals surface area (Å²) in [6, 6.07) is 4.15. The second-order valence-corrected chi connectivity index (χ2v) is 3.91. The van der Waals surface area contributed by atoms with Crippen LogP contribution in [0.1, 0.15) is 29.9 Å². The molecule has 0 radical (unpaired) electrons. The lowest BCUT2D eigenvalue weighted by Crippen LogP contribution is -1.92. The van der Waals surface area contributed by atoms with E-state index in [9.17, 15) is 0 Å². The molecule has 0 spiro atoms. The van der Waals surface area contributed by atoms with Gasteiger partial charge in [-0.25, -0.2) is 0 Å². The van der Waals surface area contributed by atoms with Crippen LogP contribution >= 0.6 is 11.6 Å². The van der Waals surface area contributed by atoms with Gasteiger partial charge < -0.3 is 5.73 Å². The molecule has 1 aromatic rings. The van der Waals surface area contributed by atoms with Crippen molar-refractivity contribution < 1.29 is 0 Å². The fourth-order valence-corrected chi connectivity index (χ4v) is 1.71. The van der Waals surface area contributed by atoms with E-state index in [1.54, 1.807) is 0 Å². The first kappa shape index (κ1) is 7.93. The van der Waals surface area contributed by atoms with E-state index in [2.05, 4.69) is 6.07 Å². The van der Waals surface area contributed by atoms with Gasteiger partial charge in [-0.3, -0.25) is 0 Å². The molecular formula is C10H12ClN. The summed E-state index contributed by atoms with van der Waals surface area (Å²) in [6.07, 6.45) is 2.61. The van der Waals surface area contributed by atoms with E-state index in [-0.39, 0.29) is 0 Å². The average Bonchev–Trinajstić information content (AvgIpc) is 2.81. The Morgan fingerprint density at radius 3 is 2.58 bits per heavy atom. The molecule has 0 unspecified atom stereocenters. The summed E-state index contributed by atoms with van der Waals surface area (Å²) >= 11 is 5.97. The molecule has 2 rings (SSSR count). The van der Waals surface area contributed by atoms with E-state index in [1.807, 2.05) is 13.0 Å². The molecule has 0 heterocycles. The van der Waals surface area contributed by atoms with E-state index in [0.29, 0.717) is 5.02 Å². The number of nitrogens with two attached hydrogens (primary N) is 1. The van der Waals surface area contributed by atoms with Crippen molar-refractivity contribution in [2.24, 2.45) is 0 Å². The van der Waals surface area contributed by atoms with Crippen molar-refractivity contribution in [3.05, 3.63) is 28.3 Å². The van der Waals surface area contributed by atoms with Crippen molar-refractivity contribution >= 4 is 17.3 Å². The lowest BCUT2D eigenvalue weighted by molar-refractivity contribution is 1.12. The molecule has 0 aromatic heterocycles. The minimum atomic E-state index is 0.705. The summed E-state index contributed by atoms with van der Waals surface area (Å²) in [6.45, 7) is 2.01. The first-order valence-corrected chi connectivity index (χ1v) is 4.62. The molecule has 1 aliphatic carbocycles.